The smallest absolute Gasteiger partial charge is 0.254 e. The van der Waals surface area contributed by atoms with E-state index >= 15 is 0 Å². The molecule has 0 aliphatic heterocycles. The van der Waals surface area contributed by atoms with Crippen LogP contribution in [0.4, 0.5) is 4.39 Å². The molecule has 5 nitrogen and oxygen atoms in total. The van der Waals surface area contributed by atoms with E-state index in [0.717, 1.165) is 5.56 Å². The number of hydrogen-bond donors (Lipinski definition) is 1. The molecule has 120 valence electrons. The number of pyridine rings is 1. The number of halogens is 2. The molecule has 0 aliphatic rings. The molecule has 7 heteroatoms. The van der Waals surface area contributed by atoms with E-state index in [2.05, 4.69) is 20.3 Å². The molecule has 0 radical (unpaired) electrons. The Morgan fingerprint density at radius 3 is 2.50 bits per heavy atom. The molecular weight excluding hydrogens is 331 g/mol. The topological polar surface area (TPSA) is 67.8 Å². The maximum Gasteiger partial charge on any atom is 0.254 e. The number of aromatic nitrogens is 3. The zero-order chi connectivity index (χ0) is 16.9. The number of hydrogen-bond acceptors (Lipinski definition) is 4. The second kappa shape index (κ2) is 7.14. The predicted molar refractivity (Wildman–Crippen MR) is 87.8 cm³/mol. The maximum absolute atomic E-state index is 13.0. The molecule has 24 heavy (non-hydrogen) atoms. The number of carbonyl (C=O) groups excluding carboxylic acids is 1. The molecule has 0 fully saturated rings. The SMILES string of the molecule is O=C(NCc1ccc(F)cc1Cl)c1cnc(-c2ccncc2)nc1. The van der Waals surface area contributed by atoms with Crippen molar-refractivity contribution in [3.05, 3.63) is 77.1 Å². The molecule has 2 aromatic heterocycles. The molecular formula is C17H12ClFN4O. The molecule has 0 saturated carbocycles. The van der Waals surface area contributed by atoms with E-state index in [9.17, 15) is 9.18 Å². The Kier molecular flexibility index (Phi) is 4.77. The highest BCUT2D eigenvalue weighted by Crippen LogP contribution is 2.17. The first kappa shape index (κ1) is 16.0. The van der Waals surface area contributed by atoms with Crippen LogP contribution in [0.15, 0.2) is 55.1 Å². The minimum absolute atomic E-state index is 0.185. The summed E-state index contributed by atoms with van der Waals surface area (Å²) in [5.41, 5.74) is 1.77. The lowest BCUT2D eigenvalue weighted by Crippen LogP contribution is -2.23. The van der Waals surface area contributed by atoms with Gasteiger partial charge in [-0.3, -0.25) is 9.78 Å². The second-order valence-electron chi connectivity index (χ2n) is 4.95. The quantitative estimate of drug-likeness (QED) is 0.790. The molecule has 0 atom stereocenters. The number of rotatable bonds is 4. The molecule has 2 heterocycles. The number of nitrogens with one attached hydrogen (secondary N) is 1. The highest BCUT2D eigenvalue weighted by molar-refractivity contribution is 6.31. The predicted octanol–water partition coefficient (Wildman–Crippen LogP) is 3.26. The van der Waals surface area contributed by atoms with Gasteiger partial charge in [0.05, 0.1) is 5.56 Å². The third-order valence-electron chi connectivity index (χ3n) is 3.31. The van der Waals surface area contributed by atoms with Gasteiger partial charge in [0.25, 0.3) is 5.91 Å². The average Bonchev–Trinajstić information content (AvgIpc) is 2.62. The van der Waals surface area contributed by atoms with Crippen molar-refractivity contribution in [1.29, 1.82) is 0 Å². The third-order valence-corrected chi connectivity index (χ3v) is 3.66. The van der Waals surface area contributed by atoms with E-state index in [1.54, 1.807) is 24.5 Å². The van der Waals surface area contributed by atoms with Crippen LogP contribution in [-0.4, -0.2) is 20.9 Å². The zero-order valence-corrected chi connectivity index (χ0v) is 13.2. The lowest BCUT2D eigenvalue weighted by atomic mass is 10.2. The van der Waals surface area contributed by atoms with Gasteiger partial charge < -0.3 is 5.32 Å². The van der Waals surface area contributed by atoms with Crippen LogP contribution in [0.2, 0.25) is 5.02 Å². The minimum atomic E-state index is -0.421. The molecule has 3 rings (SSSR count). The number of nitrogens with zero attached hydrogens (tertiary/aromatic N) is 3. The van der Waals surface area contributed by atoms with Crippen LogP contribution < -0.4 is 5.32 Å². The van der Waals surface area contributed by atoms with Gasteiger partial charge in [-0.15, -0.1) is 0 Å². The molecule has 1 N–H and O–H groups in total. The largest absolute Gasteiger partial charge is 0.348 e. The van der Waals surface area contributed by atoms with Crippen LogP contribution in [0.1, 0.15) is 15.9 Å². The number of amides is 1. The van der Waals surface area contributed by atoms with Crippen LogP contribution in [0.25, 0.3) is 11.4 Å². The van der Waals surface area contributed by atoms with Crippen molar-refractivity contribution in [2.45, 2.75) is 6.54 Å². The van der Waals surface area contributed by atoms with Crippen LogP contribution in [-0.2, 0) is 6.54 Å². The zero-order valence-electron chi connectivity index (χ0n) is 12.4. The fraction of sp³-hybridized carbons (Fsp3) is 0.0588. The summed E-state index contributed by atoms with van der Waals surface area (Å²) in [7, 11) is 0. The second-order valence-corrected chi connectivity index (χ2v) is 5.36. The van der Waals surface area contributed by atoms with E-state index < -0.39 is 5.82 Å². The summed E-state index contributed by atoms with van der Waals surface area (Å²) in [6.45, 7) is 0.185. The van der Waals surface area contributed by atoms with E-state index in [4.69, 9.17) is 11.6 Å². The standard InChI is InChI=1S/C17H12ClFN4O/c18-15-7-14(19)2-1-12(15)8-23-17(24)13-9-21-16(22-10-13)11-3-5-20-6-4-11/h1-7,9-10H,8H2,(H,23,24). The van der Waals surface area contributed by atoms with Gasteiger partial charge in [0.1, 0.15) is 5.82 Å². The van der Waals surface area contributed by atoms with E-state index in [1.807, 2.05) is 0 Å². The first-order valence-electron chi connectivity index (χ1n) is 7.08. The summed E-state index contributed by atoms with van der Waals surface area (Å²) < 4.78 is 13.0. The molecule has 0 aliphatic carbocycles. The molecule has 3 aromatic rings. The third kappa shape index (κ3) is 3.72. The monoisotopic (exact) mass is 342 g/mol. The first-order chi connectivity index (χ1) is 11.6. The molecule has 1 amide bonds. The van der Waals surface area contributed by atoms with Crippen molar-refractivity contribution >= 4 is 17.5 Å². The van der Waals surface area contributed by atoms with Crippen molar-refractivity contribution in [3.8, 4) is 11.4 Å². The van der Waals surface area contributed by atoms with Crippen molar-refractivity contribution in [1.82, 2.24) is 20.3 Å². The fourth-order valence-corrected chi connectivity index (χ4v) is 2.27. The Hall–Kier alpha value is -2.86. The first-order valence-corrected chi connectivity index (χ1v) is 7.46. The molecule has 0 saturated heterocycles. The normalized spacial score (nSPS) is 10.4. The van der Waals surface area contributed by atoms with Gasteiger partial charge in [-0.25, -0.2) is 14.4 Å². The van der Waals surface area contributed by atoms with Gasteiger partial charge in [-0.05, 0) is 29.8 Å². The van der Waals surface area contributed by atoms with Crippen LogP contribution in [0, 0.1) is 5.82 Å². The summed E-state index contributed by atoms with van der Waals surface area (Å²) in [6, 6.07) is 7.59. The van der Waals surface area contributed by atoms with Gasteiger partial charge in [0, 0.05) is 41.9 Å². The lowest BCUT2D eigenvalue weighted by molar-refractivity contribution is 0.0950. The Balaban J connectivity index is 1.67. The molecule has 0 unspecified atom stereocenters. The Morgan fingerprint density at radius 2 is 1.83 bits per heavy atom. The molecule has 0 bridgehead atoms. The molecule has 0 spiro atoms. The van der Waals surface area contributed by atoms with Crippen LogP contribution in [0.5, 0.6) is 0 Å². The number of benzene rings is 1. The van der Waals surface area contributed by atoms with Gasteiger partial charge >= 0.3 is 0 Å². The Morgan fingerprint density at radius 1 is 1.12 bits per heavy atom. The molecule has 1 aromatic carbocycles. The summed E-state index contributed by atoms with van der Waals surface area (Å²) in [6.07, 6.45) is 6.19. The Bertz CT molecular complexity index is 856. The van der Waals surface area contributed by atoms with Crippen molar-refractivity contribution in [2.75, 3.05) is 0 Å². The van der Waals surface area contributed by atoms with Crippen molar-refractivity contribution < 1.29 is 9.18 Å². The summed E-state index contributed by atoms with van der Waals surface area (Å²) in [5, 5.41) is 2.96. The summed E-state index contributed by atoms with van der Waals surface area (Å²) in [4.78, 5) is 24.4. The van der Waals surface area contributed by atoms with Gasteiger partial charge in [-0.1, -0.05) is 17.7 Å². The average molecular weight is 343 g/mol. The summed E-state index contributed by atoms with van der Waals surface area (Å²) >= 11 is 5.93. The van der Waals surface area contributed by atoms with Crippen molar-refractivity contribution in [3.63, 3.8) is 0 Å². The van der Waals surface area contributed by atoms with E-state index in [1.165, 1.54) is 30.6 Å². The maximum atomic E-state index is 13.0. The van der Waals surface area contributed by atoms with Crippen LogP contribution in [0.3, 0.4) is 0 Å². The van der Waals surface area contributed by atoms with E-state index in [-0.39, 0.29) is 17.5 Å². The van der Waals surface area contributed by atoms with E-state index in [0.29, 0.717) is 17.0 Å². The van der Waals surface area contributed by atoms with Gasteiger partial charge in [0.15, 0.2) is 5.82 Å². The lowest BCUT2D eigenvalue weighted by Gasteiger charge is -2.07. The highest BCUT2D eigenvalue weighted by atomic mass is 35.5. The summed E-state index contributed by atoms with van der Waals surface area (Å²) in [5.74, 6) is -0.248. The minimum Gasteiger partial charge on any atom is -0.348 e. The fourth-order valence-electron chi connectivity index (χ4n) is 2.04. The van der Waals surface area contributed by atoms with Crippen molar-refractivity contribution in [2.24, 2.45) is 0 Å². The Labute approximate surface area is 142 Å². The number of carbonyl (C=O) groups is 1. The van der Waals surface area contributed by atoms with Gasteiger partial charge in [0.2, 0.25) is 0 Å². The van der Waals surface area contributed by atoms with Crippen LogP contribution >= 0.6 is 11.6 Å². The highest BCUT2D eigenvalue weighted by Gasteiger charge is 2.09. The van der Waals surface area contributed by atoms with Gasteiger partial charge in [-0.2, -0.15) is 0 Å².